The molecule has 19 heavy (non-hydrogen) atoms. The Morgan fingerprint density at radius 2 is 2.16 bits per heavy atom. The standard InChI is InChI=1S/C13H13N3O3/c1-14-12(19)13(10-3-5-15-6-4-10)11(18)9(8-17)2-7-16-13/h2-8,16,18H,1H3,(H,14,19). The second-order valence-corrected chi connectivity index (χ2v) is 3.96. The van der Waals surface area contributed by atoms with Crippen LogP contribution in [0.25, 0.3) is 0 Å². The number of pyridine rings is 1. The maximum atomic E-state index is 12.2. The highest BCUT2D eigenvalue weighted by molar-refractivity contribution is 5.94. The molecule has 1 aliphatic rings. The van der Waals surface area contributed by atoms with E-state index in [1.54, 1.807) is 12.1 Å². The lowest BCUT2D eigenvalue weighted by Crippen LogP contribution is -2.54. The third kappa shape index (κ3) is 1.87. The van der Waals surface area contributed by atoms with Crippen LogP contribution >= 0.6 is 0 Å². The Kier molecular flexibility index (Phi) is 3.33. The molecule has 0 aromatic carbocycles. The van der Waals surface area contributed by atoms with Gasteiger partial charge in [-0.05, 0) is 30.0 Å². The van der Waals surface area contributed by atoms with E-state index in [4.69, 9.17) is 0 Å². The smallest absolute Gasteiger partial charge is 0.258 e. The van der Waals surface area contributed by atoms with Gasteiger partial charge in [-0.15, -0.1) is 0 Å². The number of carbonyl (C=O) groups is 2. The number of hydrogen-bond acceptors (Lipinski definition) is 5. The summed E-state index contributed by atoms with van der Waals surface area (Å²) in [5.41, 5.74) is -0.968. The maximum absolute atomic E-state index is 12.2. The van der Waals surface area contributed by atoms with Crippen LogP contribution in [0.5, 0.6) is 0 Å². The van der Waals surface area contributed by atoms with Gasteiger partial charge < -0.3 is 15.7 Å². The number of aromatic nitrogens is 1. The van der Waals surface area contributed by atoms with Gasteiger partial charge in [-0.25, -0.2) is 0 Å². The van der Waals surface area contributed by atoms with Crippen LogP contribution in [0.1, 0.15) is 5.56 Å². The minimum Gasteiger partial charge on any atom is -0.508 e. The number of likely N-dealkylation sites (N-methyl/N-ethyl adjacent to an activating group) is 1. The van der Waals surface area contributed by atoms with Gasteiger partial charge >= 0.3 is 0 Å². The second kappa shape index (κ2) is 4.93. The number of aliphatic hydroxyl groups is 1. The van der Waals surface area contributed by atoms with Crippen LogP contribution in [0.4, 0.5) is 0 Å². The summed E-state index contributed by atoms with van der Waals surface area (Å²) in [6, 6.07) is 3.19. The van der Waals surface area contributed by atoms with Gasteiger partial charge in [-0.3, -0.25) is 14.6 Å². The zero-order chi connectivity index (χ0) is 13.9. The Bertz CT molecular complexity index is 566. The van der Waals surface area contributed by atoms with Gasteiger partial charge in [0.2, 0.25) is 5.54 Å². The van der Waals surface area contributed by atoms with E-state index in [0.29, 0.717) is 11.8 Å². The molecule has 2 rings (SSSR count). The summed E-state index contributed by atoms with van der Waals surface area (Å²) in [7, 11) is 1.46. The molecule has 1 aromatic rings. The molecular formula is C13H13N3O3. The lowest BCUT2D eigenvalue weighted by atomic mass is 9.83. The van der Waals surface area contributed by atoms with E-state index in [0.717, 1.165) is 0 Å². The predicted molar refractivity (Wildman–Crippen MR) is 68.0 cm³/mol. The van der Waals surface area contributed by atoms with E-state index >= 15 is 0 Å². The number of hydrogen-bond donors (Lipinski definition) is 3. The van der Waals surface area contributed by atoms with Crippen molar-refractivity contribution in [1.82, 2.24) is 15.6 Å². The van der Waals surface area contributed by atoms with E-state index in [1.165, 1.54) is 31.7 Å². The van der Waals surface area contributed by atoms with Crippen molar-refractivity contribution in [3.63, 3.8) is 0 Å². The maximum Gasteiger partial charge on any atom is 0.258 e. The summed E-state index contributed by atoms with van der Waals surface area (Å²) < 4.78 is 0. The normalized spacial score (nSPS) is 21.7. The van der Waals surface area contributed by atoms with Gasteiger partial charge in [0.25, 0.3) is 5.91 Å². The molecule has 0 aliphatic carbocycles. The molecule has 0 bridgehead atoms. The molecule has 1 amide bonds. The lowest BCUT2D eigenvalue weighted by molar-refractivity contribution is -0.126. The van der Waals surface area contributed by atoms with Gasteiger partial charge in [0.05, 0.1) is 5.57 Å². The number of amides is 1. The fraction of sp³-hybridized carbons (Fsp3) is 0.154. The van der Waals surface area contributed by atoms with E-state index in [9.17, 15) is 14.7 Å². The number of dihydropyridines is 1. The van der Waals surface area contributed by atoms with Gasteiger partial charge in [-0.2, -0.15) is 0 Å². The minimum atomic E-state index is -1.51. The molecule has 2 heterocycles. The zero-order valence-corrected chi connectivity index (χ0v) is 10.3. The number of carbonyl (C=O) groups excluding carboxylic acids is 2. The van der Waals surface area contributed by atoms with Crippen molar-refractivity contribution in [3.8, 4) is 0 Å². The molecule has 1 aromatic heterocycles. The first-order chi connectivity index (χ1) is 9.16. The highest BCUT2D eigenvalue weighted by Crippen LogP contribution is 2.32. The molecule has 1 unspecified atom stereocenters. The van der Waals surface area contributed by atoms with Crippen molar-refractivity contribution in [2.24, 2.45) is 0 Å². The molecule has 1 atom stereocenters. The van der Waals surface area contributed by atoms with Crippen molar-refractivity contribution in [1.29, 1.82) is 0 Å². The fourth-order valence-corrected chi connectivity index (χ4v) is 2.03. The summed E-state index contributed by atoms with van der Waals surface area (Å²) in [5.74, 6) is -0.810. The molecule has 0 spiro atoms. The number of aliphatic hydroxyl groups excluding tert-OH is 1. The summed E-state index contributed by atoms with van der Waals surface area (Å²) in [4.78, 5) is 27.1. The second-order valence-electron chi connectivity index (χ2n) is 3.96. The Morgan fingerprint density at radius 3 is 2.74 bits per heavy atom. The monoisotopic (exact) mass is 259 g/mol. The quantitative estimate of drug-likeness (QED) is 0.672. The molecule has 0 saturated carbocycles. The average molecular weight is 259 g/mol. The average Bonchev–Trinajstić information content (AvgIpc) is 2.48. The van der Waals surface area contributed by atoms with Crippen LogP contribution in [-0.2, 0) is 15.1 Å². The predicted octanol–water partition coefficient (Wildman–Crippen LogP) is 0.151. The summed E-state index contributed by atoms with van der Waals surface area (Å²) in [6.45, 7) is 0. The van der Waals surface area contributed by atoms with E-state index in [-0.39, 0.29) is 11.3 Å². The molecule has 0 saturated heterocycles. The van der Waals surface area contributed by atoms with Gasteiger partial charge in [0.15, 0.2) is 6.29 Å². The number of nitrogens with one attached hydrogen (secondary N) is 2. The fourth-order valence-electron chi connectivity index (χ4n) is 2.03. The number of aldehydes is 1. The number of rotatable bonds is 3. The van der Waals surface area contributed by atoms with Crippen LogP contribution in [0.3, 0.4) is 0 Å². The Hall–Kier alpha value is -2.63. The lowest BCUT2D eigenvalue weighted by Gasteiger charge is -2.34. The van der Waals surface area contributed by atoms with Crippen molar-refractivity contribution < 1.29 is 14.7 Å². The highest BCUT2D eigenvalue weighted by Gasteiger charge is 2.46. The summed E-state index contributed by atoms with van der Waals surface area (Å²) in [5, 5.41) is 15.6. The van der Waals surface area contributed by atoms with E-state index in [2.05, 4.69) is 15.6 Å². The Morgan fingerprint density at radius 1 is 1.47 bits per heavy atom. The molecule has 1 aliphatic heterocycles. The highest BCUT2D eigenvalue weighted by atomic mass is 16.3. The minimum absolute atomic E-state index is 0.0548. The van der Waals surface area contributed by atoms with Crippen molar-refractivity contribution in [2.75, 3.05) is 7.05 Å². The van der Waals surface area contributed by atoms with E-state index in [1.807, 2.05) is 0 Å². The first kappa shape index (κ1) is 12.8. The third-order valence-electron chi connectivity index (χ3n) is 3.00. The third-order valence-corrected chi connectivity index (χ3v) is 3.00. The Balaban J connectivity index is 2.67. The van der Waals surface area contributed by atoms with Crippen molar-refractivity contribution in [2.45, 2.75) is 5.54 Å². The molecular weight excluding hydrogens is 246 g/mol. The van der Waals surface area contributed by atoms with Crippen LogP contribution in [-0.4, -0.2) is 29.3 Å². The molecule has 6 heteroatoms. The summed E-state index contributed by atoms with van der Waals surface area (Å²) >= 11 is 0. The summed E-state index contributed by atoms with van der Waals surface area (Å²) in [6.07, 6.45) is 6.39. The van der Waals surface area contributed by atoms with Gasteiger partial charge in [0, 0.05) is 19.4 Å². The van der Waals surface area contributed by atoms with Crippen LogP contribution in [0, 0.1) is 0 Å². The molecule has 6 nitrogen and oxygen atoms in total. The van der Waals surface area contributed by atoms with Crippen molar-refractivity contribution >= 4 is 12.2 Å². The van der Waals surface area contributed by atoms with Crippen molar-refractivity contribution in [3.05, 3.63) is 53.7 Å². The van der Waals surface area contributed by atoms with Crippen LogP contribution in [0.15, 0.2) is 48.1 Å². The zero-order valence-electron chi connectivity index (χ0n) is 10.3. The Labute approximate surface area is 109 Å². The first-order valence-corrected chi connectivity index (χ1v) is 5.62. The molecule has 3 N–H and O–H groups in total. The topological polar surface area (TPSA) is 91.3 Å². The van der Waals surface area contributed by atoms with Crippen LogP contribution < -0.4 is 10.6 Å². The van der Waals surface area contributed by atoms with Crippen LogP contribution in [0.2, 0.25) is 0 Å². The van der Waals surface area contributed by atoms with E-state index < -0.39 is 11.4 Å². The van der Waals surface area contributed by atoms with Gasteiger partial charge in [-0.1, -0.05) is 0 Å². The largest absolute Gasteiger partial charge is 0.508 e. The SMILES string of the molecule is CNC(=O)C1(c2ccncc2)NC=CC(C=O)=C1O. The molecule has 0 fully saturated rings. The molecule has 98 valence electrons. The number of allylic oxidation sites excluding steroid dienone is 2. The molecule has 0 radical (unpaired) electrons. The number of nitrogens with zero attached hydrogens (tertiary/aromatic N) is 1. The van der Waals surface area contributed by atoms with Gasteiger partial charge in [0.1, 0.15) is 5.76 Å². The first-order valence-electron chi connectivity index (χ1n) is 5.62.